The number of methoxy groups -OCH3 is 1. The second-order valence-corrected chi connectivity index (χ2v) is 9.08. The van der Waals surface area contributed by atoms with Gasteiger partial charge in [-0.05, 0) is 73.0 Å². The Kier molecular flexibility index (Phi) is 7.57. The van der Waals surface area contributed by atoms with Gasteiger partial charge in [0.15, 0.2) is 16.6 Å². The molecule has 0 atom stereocenters. The largest absolute Gasteiger partial charge is 0.493 e. The molecular formula is C28H25FN2O3S. The van der Waals surface area contributed by atoms with Crippen molar-refractivity contribution >= 4 is 28.5 Å². The smallest absolute Gasteiger partial charge is 0.250 e. The van der Waals surface area contributed by atoms with E-state index in [1.807, 2.05) is 56.3 Å². The normalized spacial score (nSPS) is 11.0. The van der Waals surface area contributed by atoms with Crippen LogP contribution in [-0.2, 0) is 11.4 Å². The predicted octanol–water partition coefficient (Wildman–Crippen LogP) is 6.81. The van der Waals surface area contributed by atoms with E-state index in [0.29, 0.717) is 23.2 Å². The van der Waals surface area contributed by atoms with Crippen LogP contribution in [0.4, 0.5) is 9.52 Å². The quantitative estimate of drug-likeness (QED) is 0.277. The van der Waals surface area contributed by atoms with Gasteiger partial charge in [-0.2, -0.15) is 0 Å². The molecule has 4 rings (SSSR count). The number of thiazole rings is 1. The average molecular weight is 489 g/mol. The summed E-state index contributed by atoms with van der Waals surface area (Å²) in [5.41, 5.74) is 4.59. The maximum Gasteiger partial charge on any atom is 0.250 e. The number of amides is 1. The number of carbonyl (C=O) groups is 1. The van der Waals surface area contributed by atoms with E-state index in [1.54, 1.807) is 25.3 Å². The molecule has 0 aliphatic heterocycles. The average Bonchev–Trinajstić information content (AvgIpc) is 3.22. The lowest BCUT2D eigenvalue weighted by Gasteiger charge is -2.12. The Bertz CT molecular complexity index is 1360. The van der Waals surface area contributed by atoms with Crippen molar-refractivity contribution in [2.45, 2.75) is 20.5 Å². The van der Waals surface area contributed by atoms with Crippen molar-refractivity contribution in [3.8, 4) is 22.8 Å². The fourth-order valence-corrected chi connectivity index (χ4v) is 4.32. The van der Waals surface area contributed by atoms with Gasteiger partial charge in [-0.1, -0.05) is 30.3 Å². The van der Waals surface area contributed by atoms with E-state index in [1.165, 1.54) is 29.5 Å². The van der Waals surface area contributed by atoms with Crippen LogP contribution in [0.15, 0.2) is 72.8 Å². The van der Waals surface area contributed by atoms with Crippen molar-refractivity contribution in [2.75, 3.05) is 12.4 Å². The van der Waals surface area contributed by atoms with Crippen LogP contribution in [0, 0.1) is 19.7 Å². The SMILES string of the molecule is COc1cc(/C=C/C(=O)Nc2nc(-c3ccc(F)cc3)c(C)s2)ccc1OCc1ccccc1C. The highest BCUT2D eigenvalue weighted by Gasteiger charge is 2.12. The first-order chi connectivity index (χ1) is 16.9. The van der Waals surface area contributed by atoms with E-state index in [4.69, 9.17) is 9.47 Å². The number of anilines is 1. The van der Waals surface area contributed by atoms with Gasteiger partial charge in [-0.3, -0.25) is 10.1 Å². The topological polar surface area (TPSA) is 60.5 Å². The molecule has 0 fully saturated rings. The number of benzene rings is 3. The zero-order chi connectivity index (χ0) is 24.8. The lowest BCUT2D eigenvalue weighted by Crippen LogP contribution is -2.07. The van der Waals surface area contributed by atoms with E-state index >= 15 is 0 Å². The highest BCUT2D eigenvalue weighted by molar-refractivity contribution is 7.16. The molecule has 1 heterocycles. The van der Waals surface area contributed by atoms with Gasteiger partial charge in [-0.25, -0.2) is 9.37 Å². The lowest BCUT2D eigenvalue weighted by atomic mass is 10.1. The van der Waals surface area contributed by atoms with Crippen LogP contribution >= 0.6 is 11.3 Å². The van der Waals surface area contributed by atoms with Gasteiger partial charge < -0.3 is 9.47 Å². The van der Waals surface area contributed by atoms with Crippen molar-refractivity contribution in [2.24, 2.45) is 0 Å². The number of hydrogen-bond acceptors (Lipinski definition) is 5. The van der Waals surface area contributed by atoms with Crippen LogP contribution in [0.25, 0.3) is 17.3 Å². The molecule has 0 saturated heterocycles. The maximum atomic E-state index is 13.2. The number of nitrogens with one attached hydrogen (secondary N) is 1. The van der Waals surface area contributed by atoms with Crippen LogP contribution in [-0.4, -0.2) is 18.0 Å². The third-order valence-electron chi connectivity index (χ3n) is 5.40. The van der Waals surface area contributed by atoms with Crippen molar-refractivity contribution in [1.29, 1.82) is 0 Å². The fourth-order valence-electron chi connectivity index (χ4n) is 3.48. The molecule has 35 heavy (non-hydrogen) atoms. The molecule has 5 nitrogen and oxygen atoms in total. The molecular weight excluding hydrogens is 463 g/mol. The fraction of sp³-hybridized carbons (Fsp3) is 0.143. The molecule has 1 amide bonds. The molecule has 3 aromatic carbocycles. The molecule has 0 radical (unpaired) electrons. The molecule has 178 valence electrons. The Hall–Kier alpha value is -3.97. The number of hydrogen-bond donors (Lipinski definition) is 1. The number of halogens is 1. The molecule has 4 aromatic rings. The van der Waals surface area contributed by atoms with Crippen molar-refractivity contribution in [3.05, 3.63) is 100 Å². The summed E-state index contributed by atoms with van der Waals surface area (Å²) < 4.78 is 24.6. The second-order valence-electron chi connectivity index (χ2n) is 7.88. The van der Waals surface area contributed by atoms with E-state index < -0.39 is 0 Å². The lowest BCUT2D eigenvalue weighted by molar-refractivity contribution is -0.111. The van der Waals surface area contributed by atoms with Crippen LogP contribution in [0.5, 0.6) is 11.5 Å². The molecule has 7 heteroatoms. The van der Waals surface area contributed by atoms with E-state index in [-0.39, 0.29) is 11.7 Å². The highest BCUT2D eigenvalue weighted by atomic mass is 32.1. The summed E-state index contributed by atoms with van der Waals surface area (Å²) in [6.45, 7) is 4.40. The minimum Gasteiger partial charge on any atom is -0.493 e. The Morgan fingerprint density at radius 1 is 1.06 bits per heavy atom. The summed E-state index contributed by atoms with van der Waals surface area (Å²) in [6, 6.07) is 19.7. The summed E-state index contributed by atoms with van der Waals surface area (Å²) in [7, 11) is 1.58. The van der Waals surface area contributed by atoms with Crippen LogP contribution in [0.1, 0.15) is 21.6 Å². The molecule has 0 aliphatic carbocycles. The zero-order valence-corrected chi connectivity index (χ0v) is 20.5. The molecule has 1 N–H and O–H groups in total. The molecule has 0 unspecified atom stereocenters. The third-order valence-corrected chi connectivity index (χ3v) is 6.29. The second kappa shape index (κ2) is 11.0. The Balaban J connectivity index is 1.40. The summed E-state index contributed by atoms with van der Waals surface area (Å²) >= 11 is 1.37. The summed E-state index contributed by atoms with van der Waals surface area (Å²) in [6.07, 6.45) is 3.14. The van der Waals surface area contributed by atoms with E-state index in [2.05, 4.69) is 10.3 Å². The third kappa shape index (κ3) is 6.13. The van der Waals surface area contributed by atoms with E-state index in [9.17, 15) is 9.18 Å². The monoisotopic (exact) mass is 488 g/mol. The molecule has 0 saturated carbocycles. The van der Waals surface area contributed by atoms with Crippen molar-refractivity contribution in [1.82, 2.24) is 4.98 Å². The first kappa shape index (κ1) is 24.2. The molecule has 0 bridgehead atoms. The highest BCUT2D eigenvalue weighted by Crippen LogP contribution is 2.31. The number of rotatable bonds is 8. The maximum absolute atomic E-state index is 13.2. The number of ether oxygens (including phenoxy) is 2. The summed E-state index contributed by atoms with van der Waals surface area (Å²) in [5.74, 6) is 0.607. The number of nitrogens with zero attached hydrogens (tertiary/aromatic N) is 1. The van der Waals surface area contributed by atoms with Crippen LogP contribution in [0.3, 0.4) is 0 Å². The minimum absolute atomic E-state index is 0.303. The Morgan fingerprint density at radius 2 is 1.83 bits per heavy atom. The predicted molar refractivity (Wildman–Crippen MR) is 138 cm³/mol. The minimum atomic E-state index is -0.303. The van der Waals surface area contributed by atoms with Gasteiger partial charge in [0.25, 0.3) is 0 Å². The standard InChI is InChI=1S/C28H25FN2O3S/c1-18-6-4-5-7-22(18)17-34-24-14-8-20(16-25(24)33-3)9-15-26(32)30-28-31-27(19(2)35-28)21-10-12-23(29)13-11-21/h4-16H,17H2,1-3H3,(H,30,31,32)/b15-9+. The zero-order valence-electron chi connectivity index (χ0n) is 19.7. The van der Waals surface area contributed by atoms with Gasteiger partial charge in [0, 0.05) is 16.5 Å². The molecule has 0 spiro atoms. The van der Waals surface area contributed by atoms with Crippen LogP contribution in [0.2, 0.25) is 0 Å². The van der Waals surface area contributed by atoms with Crippen LogP contribution < -0.4 is 14.8 Å². The molecule has 1 aromatic heterocycles. The van der Waals surface area contributed by atoms with Gasteiger partial charge in [0.1, 0.15) is 12.4 Å². The summed E-state index contributed by atoms with van der Waals surface area (Å²) in [5, 5.41) is 3.27. The Morgan fingerprint density at radius 3 is 2.57 bits per heavy atom. The van der Waals surface area contributed by atoms with Crippen molar-refractivity contribution < 1.29 is 18.7 Å². The van der Waals surface area contributed by atoms with Gasteiger partial charge >= 0.3 is 0 Å². The first-order valence-corrected chi connectivity index (χ1v) is 11.8. The van der Waals surface area contributed by atoms with E-state index in [0.717, 1.165) is 32.8 Å². The van der Waals surface area contributed by atoms with Gasteiger partial charge in [0.2, 0.25) is 5.91 Å². The van der Waals surface area contributed by atoms with Crippen molar-refractivity contribution in [3.63, 3.8) is 0 Å². The molecule has 0 aliphatic rings. The number of carbonyl (C=O) groups excluding carboxylic acids is 1. The number of aryl methyl sites for hydroxylation is 2. The first-order valence-electron chi connectivity index (χ1n) is 11.0. The van der Waals surface area contributed by atoms with Gasteiger partial charge in [-0.15, -0.1) is 11.3 Å². The number of aromatic nitrogens is 1. The van der Waals surface area contributed by atoms with Gasteiger partial charge in [0.05, 0.1) is 12.8 Å². The Labute approximate surface area is 207 Å². The summed E-state index contributed by atoms with van der Waals surface area (Å²) in [4.78, 5) is 17.9.